The molecule has 20 heavy (non-hydrogen) atoms. The zero-order valence-corrected chi connectivity index (χ0v) is 12.6. The normalized spacial score (nSPS) is 13.6. The van der Waals surface area contributed by atoms with Crippen LogP contribution in [0.25, 0.3) is 0 Å². The van der Waals surface area contributed by atoms with E-state index in [1.165, 1.54) is 0 Å². The first kappa shape index (κ1) is 16.5. The Balaban J connectivity index is 2.52. The highest BCUT2D eigenvalue weighted by Gasteiger charge is 2.23. The molecule has 0 saturated carbocycles. The van der Waals surface area contributed by atoms with E-state index >= 15 is 0 Å². The highest BCUT2D eigenvalue weighted by Crippen LogP contribution is 2.12. The molecule has 0 bridgehead atoms. The zero-order valence-electron chi connectivity index (χ0n) is 11.9. The number of primary amides is 1. The Bertz CT molecular complexity index is 477. The van der Waals surface area contributed by atoms with E-state index in [0.717, 1.165) is 12.0 Å². The molecule has 0 fully saturated rings. The van der Waals surface area contributed by atoms with Gasteiger partial charge >= 0.3 is 0 Å². The van der Waals surface area contributed by atoms with Crippen LogP contribution < -0.4 is 11.1 Å². The summed E-state index contributed by atoms with van der Waals surface area (Å²) in [5.74, 6) is -0.632. The molecule has 2 amide bonds. The van der Waals surface area contributed by atoms with Gasteiger partial charge in [-0.1, -0.05) is 44.0 Å². The number of carbonyl (C=O) groups excluding carboxylic acids is 2. The van der Waals surface area contributed by atoms with Crippen LogP contribution >= 0.6 is 11.6 Å². The summed E-state index contributed by atoms with van der Waals surface area (Å²) in [6.07, 6.45) is 1.67. The minimum atomic E-state index is -0.605. The van der Waals surface area contributed by atoms with Gasteiger partial charge in [0.1, 0.15) is 6.04 Å². The molecule has 5 heteroatoms. The van der Waals surface area contributed by atoms with E-state index in [0.29, 0.717) is 17.9 Å². The van der Waals surface area contributed by atoms with Crippen LogP contribution in [-0.2, 0) is 16.0 Å². The molecular weight excluding hydrogens is 276 g/mol. The van der Waals surface area contributed by atoms with Crippen molar-refractivity contribution in [3.8, 4) is 0 Å². The molecule has 0 aliphatic heterocycles. The standard InChI is InChI=1S/C15H21ClN2O2/c1-3-10(2)14(15(17)20)18-13(19)8-7-11-5-4-6-12(16)9-11/h4-6,9-10,14H,3,7-8H2,1-2H3,(H2,17,20)(H,18,19). The van der Waals surface area contributed by atoms with Gasteiger partial charge in [-0.05, 0) is 30.0 Å². The summed E-state index contributed by atoms with van der Waals surface area (Å²) in [6, 6.07) is 6.78. The first-order valence-electron chi connectivity index (χ1n) is 6.77. The molecule has 0 spiro atoms. The Morgan fingerprint density at radius 3 is 2.65 bits per heavy atom. The molecular formula is C15H21ClN2O2. The lowest BCUT2D eigenvalue weighted by atomic mass is 9.98. The third kappa shape index (κ3) is 5.21. The van der Waals surface area contributed by atoms with Crippen molar-refractivity contribution in [1.29, 1.82) is 0 Å². The van der Waals surface area contributed by atoms with Crippen LogP contribution in [0, 0.1) is 5.92 Å². The minimum absolute atomic E-state index is 0.0302. The average molecular weight is 297 g/mol. The van der Waals surface area contributed by atoms with E-state index in [2.05, 4.69) is 5.32 Å². The van der Waals surface area contributed by atoms with Crippen molar-refractivity contribution in [3.63, 3.8) is 0 Å². The second-order valence-corrected chi connectivity index (χ2v) is 5.40. The van der Waals surface area contributed by atoms with E-state index in [1.54, 1.807) is 6.07 Å². The fourth-order valence-electron chi connectivity index (χ4n) is 1.93. The van der Waals surface area contributed by atoms with Crippen molar-refractivity contribution < 1.29 is 9.59 Å². The fraction of sp³-hybridized carbons (Fsp3) is 0.467. The molecule has 0 heterocycles. The van der Waals surface area contributed by atoms with E-state index < -0.39 is 11.9 Å². The molecule has 0 aliphatic rings. The molecule has 1 rings (SSSR count). The first-order chi connectivity index (χ1) is 9.43. The van der Waals surface area contributed by atoms with Gasteiger partial charge < -0.3 is 11.1 Å². The summed E-state index contributed by atoms with van der Waals surface area (Å²) in [7, 11) is 0. The highest BCUT2D eigenvalue weighted by molar-refractivity contribution is 6.30. The number of nitrogens with one attached hydrogen (secondary N) is 1. The number of benzene rings is 1. The van der Waals surface area contributed by atoms with Crippen molar-refractivity contribution in [2.75, 3.05) is 0 Å². The van der Waals surface area contributed by atoms with Gasteiger partial charge in [0, 0.05) is 11.4 Å². The third-order valence-corrected chi connectivity index (χ3v) is 3.60. The zero-order chi connectivity index (χ0) is 15.1. The third-order valence-electron chi connectivity index (χ3n) is 3.37. The van der Waals surface area contributed by atoms with Crippen LogP contribution in [0.3, 0.4) is 0 Å². The van der Waals surface area contributed by atoms with Crippen LogP contribution in [0.15, 0.2) is 24.3 Å². The second kappa shape index (κ2) is 7.90. The minimum Gasteiger partial charge on any atom is -0.368 e. The SMILES string of the molecule is CCC(C)C(NC(=O)CCc1cccc(Cl)c1)C(N)=O. The lowest BCUT2D eigenvalue weighted by Gasteiger charge is -2.21. The van der Waals surface area contributed by atoms with Crippen molar-refractivity contribution >= 4 is 23.4 Å². The molecule has 110 valence electrons. The maximum atomic E-state index is 11.9. The Morgan fingerprint density at radius 1 is 1.40 bits per heavy atom. The highest BCUT2D eigenvalue weighted by atomic mass is 35.5. The number of hydrogen-bond acceptors (Lipinski definition) is 2. The summed E-state index contributed by atoms with van der Waals surface area (Å²) in [5, 5.41) is 3.36. The van der Waals surface area contributed by atoms with Gasteiger partial charge in [0.25, 0.3) is 0 Å². The molecule has 0 saturated heterocycles. The molecule has 0 radical (unpaired) electrons. The predicted octanol–water partition coefficient (Wildman–Crippen LogP) is 2.29. The maximum absolute atomic E-state index is 11.9. The van der Waals surface area contributed by atoms with E-state index in [1.807, 2.05) is 32.0 Å². The number of aryl methyl sites for hydroxylation is 1. The summed E-state index contributed by atoms with van der Waals surface area (Å²) < 4.78 is 0. The van der Waals surface area contributed by atoms with Gasteiger partial charge in [-0.2, -0.15) is 0 Å². The number of carbonyl (C=O) groups is 2. The lowest BCUT2D eigenvalue weighted by molar-refractivity contribution is -0.128. The topological polar surface area (TPSA) is 72.2 Å². The van der Waals surface area contributed by atoms with Crippen LogP contribution in [0.4, 0.5) is 0 Å². The Morgan fingerprint density at radius 2 is 2.10 bits per heavy atom. The molecule has 0 aliphatic carbocycles. The van der Waals surface area contributed by atoms with Gasteiger partial charge in [0.05, 0.1) is 0 Å². The van der Waals surface area contributed by atoms with Crippen LogP contribution in [0.5, 0.6) is 0 Å². The molecule has 3 N–H and O–H groups in total. The monoisotopic (exact) mass is 296 g/mol. The summed E-state index contributed by atoms with van der Waals surface area (Å²) in [5.41, 5.74) is 6.31. The van der Waals surface area contributed by atoms with E-state index in [4.69, 9.17) is 17.3 Å². The van der Waals surface area contributed by atoms with Gasteiger partial charge in [-0.15, -0.1) is 0 Å². The number of rotatable bonds is 7. The fourth-order valence-corrected chi connectivity index (χ4v) is 2.14. The Hall–Kier alpha value is -1.55. The Kier molecular flexibility index (Phi) is 6.52. The molecule has 1 aromatic carbocycles. The number of nitrogens with two attached hydrogens (primary N) is 1. The van der Waals surface area contributed by atoms with Crippen molar-refractivity contribution in [2.45, 2.75) is 39.2 Å². The summed E-state index contributed by atoms with van der Waals surface area (Å²) in [4.78, 5) is 23.2. The van der Waals surface area contributed by atoms with E-state index in [9.17, 15) is 9.59 Å². The smallest absolute Gasteiger partial charge is 0.240 e. The largest absolute Gasteiger partial charge is 0.368 e. The van der Waals surface area contributed by atoms with Crippen molar-refractivity contribution in [2.24, 2.45) is 11.7 Å². The van der Waals surface area contributed by atoms with Crippen LogP contribution in [-0.4, -0.2) is 17.9 Å². The van der Waals surface area contributed by atoms with Crippen molar-refractivity contribution in [3.05, 3.63) is 34.9 Å². The molecule has 1 aromatic rings. The maximum Gasteiger partial charge on any atom is 0.240 e. The molecule has 4 nitrogen and oxygen atoms in total. The Labute approximate surface area is 124 Å². The van der Waals surface area contributed by atoms with E-state index in [-0.39, 0.29) is 11.8 Å². The predicted molar refractivity (Wildman–Crippen MR) is 80.4 cm³/mol. The van der Waals surface area contributed by atoms with Gasteiger partial charge in [0.15, 0.2) is 0 Å². The number of amides is 2. The summed E-state index contributed by atoms with van der Waals surface area (Å²) in [6.45, 7) is 3.85. The lowest BCUT2D eigenvalue weighted by Crippen LogP contribution is -2.48. The molecule has 2 atom stereocenters. The van der Waals surface area contributed by atoms with Crippen molar-refractivity contribution in [1.82, 2.24) is 5.32 Å². The summed E-state index contributed by atoms with van der Waals surface area (Å²) >= 11 is 5.88. The number of hydrogen-bond donors (Lipinski definition) is 2. The van der Waals surface area contributed by atoms with Crippen LogP contribution in [0.2, 0.25) is 5.02 Å². The van der Waals surface area contributed by atoms with Gasteiger partial charge in [0.2, 0.25) is 11.8 Å². The number of halogens is 1. The second-order valence-electron chi connectivity index (χ2n) is 4.96. The van der Waals surface area contributed by atoms with Gasteiger partial charge in [-0.25, -0.2) is 0 Å². The van der Waals surface area contributed by atoms with Crippen LogP contribution in [0.1, 0.15) is 32.3 Å². The first-order valence-corrected chi connectivity index (χ1v) is 7.15. The average Bonchev–Trinajstić information content (AvgIpc) is 2.41. The quantitative estimate of drug-likeness (QED) is 0.810. The molecule has 2 unspecified atom stereocenters. The van der Waals surface area contributed by atoms with Gasteiger partial charge in [-0.3, -0.25) is 9.59 Å². The molecule has 0 aromatic heterocycles.